The first kappa shape index (κ1) is 19.7. The zero-order valence-corrected chi connectivity index (χ0v) is 16.4. The molecule has 9 nitrogen and oxygen atoms in total. The number of rotatable bonds is 5. The number of ether oxygens (including phenoxy) is 2. The summed E-state index contributed by atoms with van der Waals surface area (Å²) >= 11 is 0. The number of benzene rings is 1. The van der Waals surface area contributed by atoms with Gasteiger partial charge in [-0.3, -0.25) is 19.8 Å². The summed E-state index contributed by atoms with van der Waals surface area (Å²) < 4.78 is 16.1. The molecule has 0 spiro atoms. The molecule has 0 atom stereocenters. The highest BCUT2D eigenvalue weighted by atomic mass is 16.5. The highest BCUT2D eigenvalue weighted by molar-refractivity contribution is 6.31. The van der Waals surface area contributed by atoms with Crippen LogP contribution < -0.4 is 15.0 Å². The van der Waals surface area contributed by atoms with E-state index in [1.165, 1.54) is 19.4 Å². The zero-order valence-electron chi connectivity index (χ0n) is 16.4. The van der Waals surface area contributed by atoms with Gasteiger partial charge in [-0.05, 0) is 30.3 Å². The van der Waals surface area contributed by atoms with Crippen LogP contribution in [0.3, 0.4) is 0 Å². The van der Waals surface area contributed by atoms with E-state index in [1.807, 2.05) is 12.1 Å². The first-order chi connectivity index (χ1) is 14.6. The van der Waals surface area contributed by atoms with E-state index in [0.29, 0.717) is 30.3 Å². The van der Waals surface area contributed by atoms with E-state index in [-0.39, 0.29) is 12.1 Å². The van der Waals surface area contributed by atoms with Crippen LogP contribution in [0.5, 0.6) is 5.75 Å². The minimum atomic E-state index is -0.784. The lowest BCUT2D eigenvalue weighted by Gasteiger charge is -2.29. The van der Waals surface area contributed by atoms with Gasteiger partial charge in [0.25, 0.3) is 11.8 Å². The number of morpholine rings is 1. The van der Waals surface area contributed by atoms with Crippen LogP contribution in [0, 0.1) is 0 Å². The molecule has 30 heavy (non-hydrogen) atoms. The Balaban J connectivity index is 1.62. The Labute approximate surface area is 172 Å². The number of furan rings is 1. The Kier molecular flexibility index (Phi) is 5.53. The van der Waals surface area contributed by atoms with Gasteiger partial charge >= 0.3 is 6.03 Å². The molecule has 2 aliphatic heterocycles. The third kappa shape index (κ3) is 3.92. The summed E-state index contributed by atoms with van der Waals surface area (Å²) in [5.74, 6) is -0.499. The fraction of sp³-hybridized carbons (Fsp3) is 0.286. The maximum atomic E-state index is 12.9. The number of carbonyl (C=O) groups excluding carboxylic acids is 3. The van der Waals surface area contributed by atoms with Crippen molar-refractivity contribution in [2.75, 3.05) is 38.3 Å². The van der Waals surface area contributed by atoms with Gasteiger partial charge in [0.05, 0.1) is 33.1 Å². The third-order valence-electron chi connectivity index (χ3n) is 4.97. The summed E-state index contributed by atoms with van der Waals surface area (Å²) in [6.07, 6.45) is 2.88. The smallest absolute Gasteiger partial charge is 0.331 e. The van der Waals surface area contributed by atoms with Crippen molar-refractivity contribution in [1.29, 1.82) is 0 Å². The van der Waals surface area contributed by atoms with Crippen LogP contribution in [0.2, 0.25) is 0 Å². The molecule has 9 heteroatoms. The molecule has 1 aromatic carbocycles. The normalized spacial score (nSPS) is 18.7. The van der Waals surface area contributed by atoms with Gasteiger partial charge in [0.2, 0.25) is 0 Å². The van der Waals surface area contributed by atoms with Crippen molar-refractivity contribution < 1.29 is 28.3 Å². The molecule has 1 N–H and O–H groups in total. The van der Waals surface area contributed by atoms with Crippen molar-refractivity contribution in [1.82, 2.24) is 10.2 Å². The molecule has 0 aliphatic carbocycles. The van der Waals surface area contributed by atoms with E-state index in [9.17, 15) is 14.4 Å². The number of methoxy groups -OCH3 is 1. The van der Waals surface area contributed by atoms with Crippen LogP contribution in [-0.4, -0.2) is 56.2 Å². The minimum Gasteiger partial charge on any atom is -0.496 e. The Bertz CT molecular complexity index is 992. The van der Waals surface area contributed by atoms with E-state index in [1.54, 1.807) is 18.2 Å². The number of amides is 4. The average molecular weight is 411 g/mol. The fourth-order valence-corrected chi connectivity index (χ4v) is 3.39. The summed E-state index contributed by atoms with van der Waals surface area (Å²) in [5.41, 5.74) is 1.37. The third-order valence-corrected chi connectivity index (χ3v) is 4.97. The van der Waals surface area contributed by atoms with E-state index in [2.05, 4.69) is 10.2 Å². The van der Waals surface area contributed by atoms with Crippen molar-refractivity contribution in [2.45, 2.75) is 6.54 Å². The van der Waals surface area contributed by atoms with Crippen LogP contribution in [0.25, 0.3) is 6.08 Å². The number of hydrogen-bond acceptors (Lipinski definition) is 7. The number of hydrogen-bond donors (Lipinski definition) is 1. The number of barbiturate groups is 1. The van der Waals surface area contributed by atoms with Crippen molar-refractivity contribution in [2.24, 2.45) is 0 Å². The molecule has 2 saturated heterocycles. The monoisotopic (exact) mass is 411 g/mol. The molecule has 0 radical (unpaired) electrons. The van der Waals surface area contributed by atoms with Gasteiger partial charge in [-0.15, -0.1) is 0 Å². The molecule has 0 saturated carbocycles. The Morgan fingerprint density at radius 1 is 1.17 bits per heavy atom. The summed E-state index contributed by atoms with van der Waals surface area (Å²) in [7, 11) is 1.52. The van der Waals surface area contributed by atoms with Crippen LogP contribution in [0.15, 0.2) is 46.6 Å². The molecule has 0 unspecified atom stereocenters. The molecule has 156 valence electrons. The molecule has 3 heterocycles. The standard InChI is InChI=1S/C21H21N3O6/c1-28-18-12-15(23-6-9-29-10-7-23)5-4-14(18)11-17-19(25)22-21(27)24(20(17)26)13-16-3-2-8-30-16/h2-5,8,11-12H,6-7,9-10,13H2,1H3,(H,22,25,27). The molecule has 2 aromatic rings. The number of urea groups is 1. The number of nitrogens with zero attached hydrogens (tertiary/aromatic N) is 2. The highest BCUT2D eigenvalue weighted by Crippen LogP contribution is 2.29. The summed E-state index contributed by atoms with van der Waals surface area (Å²) in [6, 6.07) is 8.06. The number of imide groups is 2. The van der Waals surface area contributed by atoms with Crippen LogP contribution in [0.1, 0.15) is 11.3 Å². The predicted octanol–water partition coefficient (Wildman–Crippen LogP) is 1.79. The van der Waals surface area contributed by atoms with Gasteiger partial charge in [0.15, 0.2) is 0 Å². The Hall–Kier alpha value is -3.59. The number of anilines is 1. The summed E-state index contributed by atoms with van der Waals surface area (Å²) in [4.78, 5) is 40.5. The maximum Gasteiger partial charge on any atom is 0.331 e. The summed E-state index contributed by atoms with van der Waals surface area (Å²) in [6.45, 7) is 2.78. The lowest BCUT2D eigenvalue weighted by atomic mass is 10.1. The highest BCUT2D eigenvalue weighted by Gasteiger charge is 2.36. The van der Waals surface area contributed by atoms with Gasteiger partial charge in [0.1, 0.15) is 17.1 Å². The van der Waals surface area contributed by atoms with Gasteiger partial charge < -0.3 is 18.8 Å². The molecule has 2 fully saturated rings. The van der Waals surface area contributed by atoms with E-state index < -0.39 is 17.8 Å². The van der Waals surface area contributed by atoms with Crippen LogP contribution in [-0.2, 0) is 20.9 Å². The number of carbonyl (C=O) groups is 3. The van der Waals surface area contributed by atoms with E-state index >= 15 is 0 Å². The van der Waals surface area contributed by atoms with E-state index in [0.717, 1.165) is 23.7 Å². The predicted molar refractivity (Wildman–Crippen MR) is 107 cm³/mol. The first-order valence-electron chi connectivity index (χ1n) is 9.49. The zero-order chi connectivity index (χ0) is 21.1. The van der Waals surface area contributed by atoms with Gasteiger partial charge in [-0.25, -0.2) is 4.79 Å². The molecule has 4 amide bonds. The molecule has 1 aromatic heterocycles. The summed E-state index contributed by atoms with van der Waals surface area (Å²) in [5, 5.41) is 2.20. The fourth-order valence-electron chi connectivity index (χ4n) is 3.39. The second-order valence-corrected chi connectivity index (χ2v) is 6.81. The molecular weight excluding hydrogens is 390 g/mol. The van der Waals surface area contributed by atoms with Crippen molar-refractivity contribution in [3.63, 3.8) is 0 Å². The Morgan fingerprint density at radius 2 is 1.97 bits per heavy atom. The second-order valence-electron chi connectivity index (χ2n) is 6.81. The van der Waals surface area contributed by atoms with Crippen molar-refractivity contribution in [3.8, 4) is 5.75 Å². The van der Waals surface area contributed by atoms with Crippen molar-refractivity contribution in [3.05, 3.63) is 53.5 Å². The molecule has 2 aliphatic rings. The maximum absolute atomic E-state index is 12.9. The lowest BCUT2D eigenvalue weighted by molar-refractivity contribution is -0.130. The SMILES string of the molecule is COc1cc(N2CCOCC2)ccc1C=C1C(=O)NC(=O)N(Cc2ccco2)C1=O. The lowest BCUT2D eigenvalue weighted by Crippen LogP contribution is -2.53. The average Bonchev–Trinajstić information content (AvgIpc) is 3.28. The van der Waals surface area contributed by atoms with Crippen molar-refractivity contribution >= 4 is 29.6 Å². The van der Waals surface area contributed by atoms with Gasteiger partial charge in [-0.1, -0.05) is 0 Å². The molecule has 4 rings (SSSR count). The van der Waals surface area contributed by atoms with E-state index in [4.69, 9.17) is 13.9 Å². The second kappa shape index (κ2) is 8.42. The van der Waals surface area contributed by atoms with Crippen LogP contribution in [0.4, 0.5) is 10.5 Å². The first-order valence-corrected chi connectivity index (χ1v) is 9.49. The minimum absolute atomic E-state index is 0.0740. The van der Waals surface area contributed by atoms with Gasteiger partial charge in [0, 0.05) is 30.4 Å². The Morgan fingerprint density at radius 3 is 2.67 bits per heavy atom. The van der Waals surface area contributed by atoms with Gasteiger partial charge in [-0.2, -0.15) is 0 Å². The van der Waals surface area contributed by atoms with Crippen LogP contribution >= 0.6 is 0 Å². The topological polar surface area (TPSA) is 101 Å². The molecular formula is C21H21N3O6. The quantitative estimate of drug-likeness (QED) is 0.591. The largest absolute Gasteiger partial charge is 0.496 e. The number of nitrogens with one attached hydrogen (secondary N) is 1. The molecule has 0 bridgehead atoms.